The molecule has 1 aliphatic carbocycles. The number of nitriles is 2. The number of benzene rings is 1. The Bertz CT molecular complexity index is 685. The molecule has 7 heteroatoms. The monoisotopic (exact) mass is 318 g/mol. The van der Waals surface area contributed by atoms with E-state index in [0.29, 0.717) is 10.6 Å². The summed E-state index contributed by atoms with van der Waals surface area (Å²) in [5.41, 5.74) is -3.40. The quantitative estimate of drug-likeness (QED) is 0.622. The van der Waals surface area contributed by atoms with Crippen molar-refractivity contribution in [3.05, 3.63) is 34.9 Å². The summed E-state index contributed by atoms with van der Waals surface area (Å²) < 4.78 is 9.33. The van der Waals surface area contributed by atoms with Gasteiger partial charge in [-0.25, -0.2) is 0 Å². The summed E-state index contributed by atoms with van der Waals surface area (Å²) in [6.45, 7) is 0. The van der Waals surface area contributed by atoms with Crippen molar-refractivity contribution in [2.75, 3.05) is 14.2 Å². The predicted molar refractivity (Wildman–Crippen MR) is 74.3 cm³/mol. The van der Waals surface area contributed by atoms with E-state index >= 15 is 0 Å². The molecule has 6 nitrogen and oxygen atoms in total. The molecule has 1 fully saturated rings. The number of hydrogen-bond acceptors (Lipinski definition) is 6. The van der Waals surface area contributed by atoms with Crippen LogP contribution in [0.15, 0.2) is 24.3 Å². The largest absolute Gasteiger partial charge is 0.468 e. The van der Waals surface area contributed by atoms with Gasteiger partial charge in [0.05, 0.1) is 26.4 Å². The molecule has 2 rings (SSSR count). The Morgan fingerprint density at radius 2 is 1.55 bits per heavy atom. The van der Waals surface area contributed by atoms with Crippen LogP contribution in [0, 0.1) is 33.5 Å². The number of carbonyl (C=O) groups is 2. The maximum Gasteiger partial charge on any atom is 0.326 e. The molecule has 0 N–H and O–H groups in total. The molecule has 1 aromatic carbocycles. The highest BCUT2D eigenvalue weighted by Gasteiger charge is 2.89. The lowest BCUT2D eigenvalue weighted by Crippen LogP contribution is -2.34. The summed E-state index contributed by atoms with van der Waals surface area (Å²) in [7, 11) is 2.17. The lowest BCUT2D eigenvalue weighted by Gasteiger charge is -2.12. The van der Waals surface area contributed by atoms with Crippen LogP contribution in [-0.2, 0) is 19.1 Å². The summed E-state index contributed by atoms with van der Waals surface area (Å²) >= 11 is 5.81. The first-order valence-corrected chi connectivity index (χ1v) is 6.58. The molecule has 22 heavy (non-hydrogen) atoms. The molecular formula is C15H11ClN2O4. The Balaban J connectivity index is 2.68. The molecular weight excluding hydrogens is 308 g/mol. The first-order chi connectivity index (χ1) is 10.5. The third-order valence-corrected chi connectivity index (χ3v) is 4.23. The minimum atomic E-state index is -1.99. The Morgan fingerprint density at radius 1 is 1.09 bits per heavy atom. The van der Waals surface area contributed by atoms with Gasteiger partial charge in [-0.05, 0) is 17.7 Å². The van der Waals surface area contributed by atoms with Gasteiger partial charge in [0.2, 0.25) is 5.41 Å². The molecule has 0 aliphatic heterocycles. The summed E-state index contributed by atoms with van der Waals surface area (Å²) in [5.74, 6) is -2.92. The van der Waals surface area contributed by atoms with Crippen molar-refractivity contribution in [1.82, 2.24) is 0 Å². The zero-order valence-electron chi connectivity index (χ0n) is 11.8. The van der Waals surface area contributed by atoms with Gasteiger partial charge < -0.3 is 9.47 Å². The van der Waals surface area contributed by atoms with Crippen LogP contribution in [0.2, 0.25) is 5.02 Å². The van der Waals surface area contributed by atoms with Crippen LogP contribution in [0.25, 0.3) is 0 Å². The van der Waals surface area contributed by atoms with Crippen molar-refractivity contribution in [1.29, 1.82) is 10.5 Å². The van der Waals surface area contributed by atoms with E-state index in [-0.39, 0.29) is 0 Å². The first-order valence-electron chi connectivity index (χ1n) is 6.21. The molecule has 1 atom stereocenters. The number of halogens is 1. The average molecular weight is 319 g/mol. The maximum absolute atomic E-state index is 12.2. The third kappa shape index (κ3) is 1.71. The topological polar surface area (TPSA) is 100 Å². The number of nitrogens with zero attached hydrogens (tertiary/aromatic N) is 2. The highest BCUT2D eigenvalue weighted by atomic mass is 35.5. The van der Waals surface area contributed by atoms with Crippen molar-refractivity contribution in [3.8, 4) is 12.1 Å². The second kappa shape index (κ2) is 5.32. The number of methoxy groups -OCH3 is 2. The van der Waals surface area contributed by atoms with Gasteiger partial charge in [0.1, 0.15) is 0 Å². The summed E-state index contributed by atoms with van der Waals surface area (Å²) in [6, 6.07) is 9.80. The van der Waals surface area contributed by atoms with Crippen molar-refractivity contribution in [2.24, 2.45) is 10.8 Å². The normalized spacial score (nSPS) is 20.1. The summed E-state index contributed by atoms with van der Waals surface area (Å²) in [6.07, 6.45) is 0. The molecule has 0 bridgehead atoms. The van der Waals surface area contributed by atoms with E-state index in [1.807, 2.05) is 0 Å². The van der Waals surface area contributed by atoms with Crippen molar-refractivity contribution < 1.29 is 19.1 Å². The number of ether oxygens (including phenoxy) is 2. The van der Waals surface area contributed by atoms with E-state index in [2.05, 4.69) is 9.47 Å². The van der Waals surface area contributed by atoms with Crippen LogP contribution in [0.4, 0.5) is 0 Å². The standard InChI is InChI=1S/C15H11ClN2O4/c1-21-12(19)15(13(20)22-2)11(14(15,7-17)8-18)9-3-5-10(16)6-4-9/h3-6,11H,1-2H3/t11-/m0/s1. The molecule has 112 valence electrons. The van der Waals surface area contributed by atoms with Crippen LogP contribution in [0.1, 0.15) is 11.5 Å². The van der Waals surface area contributed by atoms with Gasteiger partial charge >= 0.3 is 11.9 Å². The van der Waals surface area contributed by atoms with E-state index < -0.39 is 28.7 Å². The number of hydrogen-bond donors (Lipinski definition) is 0. The Labute approximate surface area is 131 Å². The molecule has 0 radical (unpaired) electrons. The number of esters is 2. The number of carbonyl (C=O) groups excluding carboxylic acids is 2. The highest BCUT2D eigenvalue weighted by Crippen LogP contribution is 2.74. The summed E-state index contributed by atoms with van der Waals surface area (Å²) in [5, 5.41) is 19.4. The Morgan fingerprint density at radius 3 is 1.91 bits per heavy atom. The van der Waals surface area contributed by atoms with Gasteiger partial charge in [0.15, 0.2) is 5.41 Å². The third-order valence-electron chi connectivity index (χ3n) is 3.98. The zero-order chi connectivity index (χ0) is 16.5. The van der Waals surface area contributed by atoms with Crippen LogP contribution in [-0.4, -0.2) is 26.2 Å². The van der Waals surface area contributed by atoms with E-state index in [0.717, 1.165) is 14.2 Å². The molecule has 0 amide bonds. The maximum atomic E-state index is 12.2. The molecule has 0 spiro atoms. The lowest BCUT2D eigenvalue weighted by atomic mass is 9.95. The van der Waals surface area contributed by atoms with Gasteiger partial charge in [-0.2, -0.15) is 10.5 Å². The van der Waals surface area contributed by atoms with Crippen molar-refractivity contribution >= 4 is 23.5 Å². The smallest absolute Gasteiger partial charge is 0.326 e. The fourth-order valence-corrected chi connectivity index (χ4v) is 3.05. The van der Waals surface area contributed by atoms with Crippen LogP contribution in [0.5, 0.6) is 0 Å². The summed E-state index contributed by atoms with van der Waals surface area (Å²) in [4.78, 5) is 24.5. The first kappa shape index (κ1) is 15.8. The van der Waals surface area contributed by atoms with E-state index in [1.165, 1.54) is 0 Å². The number of rotatable bonds is 3. The molecule has 1 aliphatic rings. The predicted octanol–water partition coefficient (Wildman–Crippen LogP) is 1.80. The minimum Gasteiger partial charge on any atom is -0.468 e. The van der Waals surface area contributed by atoms with Crippen molar-refractivity contribution in [2.45, 2.75) is 5.92 Å². The SMILES string of the molecule is COC(=O)C1(C(=O)OC)[C@@H](c2ccc(Cl)cc2)C1(C#N)C#N. The Hall–Kier alpha value is -2.57. The van der Waals surface area contributed by atoms with Crippen LogP contribution < -0.4 is 0 Å². The Kier molecular flexibility index (Phi) is 3.83. The van der Waals surface area contributed by atoms with Gasteiger partial charge in [0, 0.05) is 10.9 Å². The fourth-order valence-electron chi connectivity index (χ4n) is 2.92. The molecule has 0 unspecified atom stereocenters. The lowest BCUT2D eigenvalue weighted by molar-refractivity contribution is -0.162. The van der Waals surface area contributed by atoms with Gasteiger partial charge in [-0.3, -0.25) is 9.59 Å². The van der Waals surface area contributed by atoms with Crippen molar-refractivity contribution in [3.63, 3.8) is 0 Å². The zero-order valence-corrected chi connectivity index (χ0v) is 12.5. The molecule has 1 saturated carbocycles. The van der Waals surface area contributed by atoms with Gasteiger partial charge in [0.25, 0.3) is 0 Å². The highest BCUT2D eigenvalue weighted by molar-refractivity contribution is 6.30. The van der Waals surface area contributed by atoms with Crippen LogP contribution >= 0.6 is 11.6 Å². The van der Waals surface area contributed by atoms with E-state index in [9.17, 15) is 20.1 Å². The van der Waals surface area contributed by atoms with E-state index in [4.69, 9.17) is 11.6 Å². The molecule has 1 aromatic rings. The second-order valence-corrected chi connectivity index (χ2v) is 5.24. The van der Waals surface area contributed by atoms with E-state index in [1.54, 1.807) is 36.4 Å². The minimum absolute atomic E-state index is 0.450. The fraction of sp³-hybridized carbons (Fsp3) is 0.333. The van der Waals surface area contributed by atoms with Gasteiger partial charge in [-0.15, -0.1) is 0 Å². The second-order valence-electron chi connectivity index (χ2n) is 4.81. The average Bonchev–Trinajstić information content (AvgIpc) is 3.18. The van der Waals surface area contributed by atoms with Crippen LogP contribution in [0.3, 0.4) is 0 Å². The van der Waals surface area contributed by atoms with Gasteiger partial charge in [-0.1, -0.05) is 23.7 Å². The molecule has 0 heterocycles. The molecule has 0 aromatic heterocycles. The molecule has 0 saturated heterocycles.